The van der Waals surface area contributed by atoms with Crippen molar-refractivity contribution in [1.29, 1.82) is 0 Å². The molecule has 0 heterocycles. The van der Waals surface area contributed by atoms with Crippen LogP contribution in [0, 0.1) is 29.1 Å². The van der Waals surface area contributed by atoms with Gasteiger partial charge in [-0.05, 0) is 48.3 Å². The molecule has 3 unspecified atom stereocenters. The van der Waals surface area contributed by atoms with Gasteiger partial charge < -0.3 is 0 Å². The van der Waals surface area contributed by atoms with Crippen LogP contribution in [0.5, 0.6) is 0 Å². The molecule has 0 saturated heterocycles. The summed E-state index contributed by atoms with van der Waals surface area (Å²) in [7, 11) is 0. The van der Waals surface area contributed by atoms with Crippen LogP contribution < -0.4 is 0 Å². The van der Waals surface area contributed by atoms with Crippen LogP contribution in [0.3, 0.4) is 0 Å². The van der Waals surface area contributed by atoms with E-state index in [0.717, 1.165) is 23.7 Å². The molecule has 0 N–H and O–H groups in total. The summed E-state index contributed by atoms with van der Waals surface area (Å²) < 4.78 is 0. The summed E-state index contributed by atoms with van der Waals surface area (Å²) in [5.41, 5.74) is 0.612. The molecule has 0 bridgehead atoms. The minimum Gasteiger partial charge on any atom is -0.0654 e. The molecular formula is C25H52. The van der Waals surface area contributed by atoms with Gasteiger partial charge in [0.25, 0.3) is 0 Å². The van der Waals surface area contributed by atoms with E-state index in [1.165, 1.54) is 77.0 Å². The first-order valence-corrected chi connectivity index (χ1v) is 11.7. The van der Waals surface area contributed by atoms with Crippen molar-refractivity contribution in [1.82, 2.24) is 0 Å². The van der Waals surface area contributed by atoms with Gasteiger partial charge in [0.05, 0.1) is 0 Å². The summed E-state index contributed by atoms with van der Waals surface area (Å²) in [5, 5.41) is 0. The fourth-order valence-electron chi connectivity index (χ4n) is 4.51. The minimum absolute atomic E-state index is 0.612. The Morgan fingerprint density at radius 2 is 1.12 bits per heavy atom. The Bertz CT molecular complexity index is 290. The first kappa shape index (κ1) is 25.0. The van der Waals surface area contributed by atoms with Gasteiger partial charge in [0.15, 0.2) is 0 Å². The van der Waals surface area contributed by atoms with E-state index in [4.69, 9.17) is 0 Å². The topological polar surface area (TPSA) is 0 Å². The summed E-state index contributed by atoms with van der Waals surface area (Å²) in [6, 6.07) is 0. The largest absolute Gasteiger partial charge is 0.0654 e. The van der Waals surface area contributed by atoms with Crippen LogP contribution in [0.1, 0.15) is 132 Å². The summed E-state index contributed by atoms with van der Waals surface area (Å²) >= 11 is 0. The summed E-state index contributed by atoms with van der Waals surface area (Å²) in [5.74, 6) is 3.53. The molecule has 0 fully saturated rings. The zero-order valence-electron chi connectivity index (χ0n) is 19.3. The molecule has 3 atom stereocenters. The zero-order valence-corrected chi connectivity index (χ0v) is 19.3. The molecule has 0 saturated carbocycles. The maximum absolute atomic E-state index is 2.50. The molecular weight excluding hydrogens is 300 g/mol. The minimum atomic E-state index is 0.612. The van der Waals surface area contributed by atoms with E-state index >= 15 is 0 Å². The van der Waals surface area contributed by atoms with Crippen molar-refractivity contribution in [2.75, 3.05) is 0 Å². The Balaban J connectivity index is 4.52. The Morgan fingerprint density at radius 1 is 0.600 bits per heavy atom. The van der Waals surface area contributed by atoms with Crippen LogP contribution in [0.25, 0.3) is 0 Å². The van der Waals surface area contributed by atoms with E-state index in [0.29, 0.717) is 5.41 Å². The lowest BCUT2D eigenvalue weighted by atomic mass is 9.69. The fraction of sp³-hybridized carbons (Fsp3) is 1.00. The van der Waals surface area contributed by atoms with E-state index < -0.39 is 0 Å². The second kappa shape index (κ2) is 14.1. The predicted molar refractivity (Wildman–Crippen MR) is 117 cm³/mol. The third kappa shape index (κ3) is 12.9. The maximum atomic E-state index is 2.50. The summed E-state index contributed by atoms with van der Waals surface area (Å²) in [4.78, 5) is 0. The Labute approximate surface area is 161 Å². The molecule has 0 amide bonds. The molecule has 0 radical (unpaired) electrons. The Hall–Kier alpha value is 0. The molecule has 0 nitrogen and oxygen atoms in total. The summed E-state index contributed by atoms with van der Waals surface area (Å²) in [6.45, 7) is 19.3. The summed E-state index contributed by atoms with van der Waals surface area (Å²) in [6.07, 6.45) is 17.1. The highest BCUT2D eigenvalue weighted by Gasteiger charge is 2.29. The van der Waals surface area contributed by atoms with Crippen LogP contribution in [0.2, 0.25) is 0 Å². The lowest BCUT2D eigenvalue weighted by Crippen LogP contribution is -2.24. The number of rotatable bonds is 16. The van der Waals surface area contributed by atoms with Gasteiger partial charge in [0.2, 0.25) is 0 Å². The highest BCUT2D eigenvalue weighted by Crippen LogP contribution is 2.42. The first-order valence-electron chi connectivity index (χ1n) is 11.7. The number of unbranched alkanes of at least 4 members (excludes halogenated alkanes) is 1. The maximum Gasteiger partial charge on any atom is -0.0297 e. The zero-order chi connectivity index (χ0) is 19.3. The smallest absolute Gasteiger partial charge is 0.0297 e. The van der Waals surface area contributed by atoms with E-state index in [2.05, 4.69) is 55.4 Å². The third-order valence-electron chi connectivity index (χ3n) is 6.46. The van der Waals surface area contributed by atoms with Crippen molar-refractivity contribution in [3.8, 4) is 0 Å². The normalized spacial score (nSPS) is 17.0. The fourth-order valence-corrected chi connectivity index (χ4v) is 4.51. The average molecular weight is 353 g/mol. The highest BCUT2D eigenvalue weighted by molar-refractivity contribution is 4.81. The van der Waals surface area contributed by atoms with Crippen molar-refractivity contribution in [2.24, 2.45) is 29.1 Å². The molecule has 0 rings (SSSR count). The van der Waals surface area contributed by atoms with Crippen LogP contribution >= 0.6 is 0 Å². The molecule has 0 aromatic carbocycles. The molecule has 0 spiro atoms. The van der Waals surface area contributed by atoms with Gasteiger partial charge in [-0.15, -0.1) is 0 Å². The standard InChI is InChI=1S/C25H52/c1-9-11-14-23(7)16-18-25(10-2,20-22(5)6)19-17-24(8)15-12-13-21(3)4/h21-24H,9-20H2,1-8H3. The predicted octanol–water partition coefficient (Wildman–Crippen LogP) is 9.28. The van der Waals surface area contributed by atoms with Gasteiger partial charge in [-0.1, -0.05) is 113 Å². The van der Waals surface area contributed by atoms with Crippen LogP contribution in [-0.4, -0.2) is 0 Å². The molecule has 25 heavy (non-hydrogen) atoms. The van der Waals surface area contributed by atoms with Crippen molar-refractivity contribution in [2.45, 2.75) is 132 Å². The van der Waals surface area contributed by atoms with Crippen molar-refractivity contribution >= 4 is 0 Å². The van der Waals surface area contributed by atoms with E-state index in [1.54, 1.807) is 0 Å². The lowest BCUT2D eigenvalue weighted by Gasteiger charge is -2.37. The molecule has 0 aliphatic rings. The van der Waals surface area contributed by atoms with Gasteiger partial charge in [-0.3, -0.25) is 0 Å². The number of hydrogen-bond acceptors (Lipinski definition) is 0. The Kier molecular flexibility index (Phi) is 14.1. The number of hydrogen-bond donors (Lipinski definition) is 0. The SMILES string of the molecule is CCCCC(C)CCC(CC)(CCC(C)CCCC(C)C)CC(C)C. The van der Waals surface area contributed by atoms with Gasteiger partial charge in [-0.25, -0.2) is 0 Å². The van der Waals surface area contributed by atoms with Gasteiger partial charge >= 0.3 is 0 Å². The molecule has 0 aliphatic carbocycles. The Morgan fingerprint density at radius 3 is 1.52 bits per heavy atom. The van der Waals surface area contributed by atoms with Crippen LogP contribution in [0.4, 0.5) is 0 Å². The molecule has 0 aliphatic heterocycles. The van der Waals surface area contributed by atoms with Crippen LogP contribution in [-0.2, 0) is 0 Å². The molecule has 0 aromatic heterocycles. The molecule has 152 valence electrons. The van der Waals surface area contributed by atoms with E-state index in [-0.39, 0.29) is 0 Å². The monoisotopic (exact) mass is 352 g/mol. The van der Waals surface area contributed by atoms with Crippen molar-refractivity contribution < 1.29 is 0 Å². The second-order valence-electron chi connectivity index (χ2n) is 10.2. The molecule has 0 heteroatoms. The quantitative estimate of drug-likeness (QED) is 0.259. The first-order chi connectivity index (χ1) is 11.7. The third-order valence-corrected chi connectivity index (χ3v) is 6.46. The second-order valence-corrected chi connectivity index (χ2v) is 10.2. The average Bonchev–Trinajstić information content (AvgIpc) is 2.54. The molecule has 0 aromatic rings. The lowest BCUT2D eigenvalue weighted by molar-refractivity contribution is 0.151. The highest BCUT2D eigenvalue weighted by atomic mass is 14.3. The van der Waals surface area contributed by atoms with Gasteiger partial charge in [-0.2, -0.15) is 0 Å². The van der Waals surface area contributed by atoms with Crippen molar-refractivity contribution in [3.63, 3.8) is 0 Å². The van der Waals surface area contributed by atoms with Gasteiger partial charge in [0.1, 0.15) is 0 Å². The van der Waals surface area contributed by atoms with Crippen LogP contribution in [0.15, 0.2) is 0 Å². The van der Waals surface area contributed by atoms with Gasteiger partial charge in [0, 0.05) is 0 Å². The van der Waals surface area contributed by atoms with E-state index in [1.807, 2.05) is 0 Å². The van der Waals surface area contributed by atoms with E-state index in [9.17, 15) is 0 Å². The van der Waals surface area contributed by atoms with Crippen molar-refractivity contribution in [3.05, 3.63) is 0 Å².